The van der Waals surface area contributed by atoms with Crippen LogP contribution in [0, 0.1) is 6.92 Å². The molecule has 1 heterocycles. The summed E-state index contributed by atoms with van der Waals surface area (Å²) in [6.07, 6.45) is 0. The number of rotatable bonds is 4. The second-order valence-electron chi connectivity index (χ2n) is 5.48. The Kier molecular flexibility index (Phi) is 4.43. The standard InChI is InChI=1S/C19H17NO5/c1-11-8-18(21)25-16-10-13(5-6-14(11)16)20-19(22)12-4-7-15(23-2)17(9-12)24-3/h4-10H,1-3H3,(H,20,22). The molecule has 1 aromatic heterocycles. The minimum absolute atomic E-state index is 0.310. The maximum atomic E-state index is 12.5. The van der Waals surface area contributed by atoms with Gasteiger partial charge in [0.05, 0.1) is 14.2 Å². The van der Waals surface area contributed by atoms with Crippen LogP contribution in [0.5, 0.6) is 11.5 Å². The molecule has 1 N–H and O–H groups in total. The van der Waals surface area contributed by atoms with E-state index in [1.165, 1.54) is 20.3 Å². The number of anilines is 1. The Morgan fingerprint density at radius 1 is 1.00 bits per heavy atom. The quantitative estimate of drug-likeness (QED) is 0.737. The van der Waals surface area contributed by atoms with Gasteiger partial charge in [0, 0.05) is 28.8 Å². The van der Waals surface area contributed by atoms with E-state index in [0.717, 1.165) is 10.9 Å². The maximum Gasteiger partial charge on any atom is 0.336 e. The Morgan fingerprint density at radius 2 is 1.76 bits per heavy atom. The third-order valence-corrected chi connectivity index (χ3v) is 3.85. The second-order valence-corrected chi connectivity index (χ2v) is 5.48. The highest BCUT2D eigenvalue weighted by atomic mass is 16.5. The average molecular weight is 339 g/mol. The van der Waals surface area contributed by atoms with Gasteiger partial charge in [-0.1, -0.05) is 0 Å². The highest BCUT2D eigenvalue weighted by Gasteiger charge is 2.12. The topological polar surface area (TPSA) is 77.8 Å². The Labute approximate surface area is 144 Å². The van der Waals surface area contributed by atoms with Crippen LogP contribution in [0.4, 0.5) is 5.69 Å². The van der Waals surface area contributed by atoms with Crippen LogP contribution in [0.25, 0.3) is 11.0 Å². The SMILES string of the molecule is COc1ccc(C(=O)Nc2ccc3c(C)cc(=O)oc3c2)cc1OC. The van der Waals surface area contributed by atoms with Gasteiger partial charge in [-0.15, -0.1) is 0 Å². The van der Waals surface area contributed by atoms with Gasteiger partial charge < -0.3 is 19.2 Å². The summed E-state index contributed by atoms with van der Waals surface area (Å²) in [5.41, 5.74) is 1.77. The number of ether oxygens (including phenoxy) is 2. The number of methoxy groups -OCH3 is 2. The lowest BCUT2D eigenvalue weighted by Crippen LogP contribution is -2.12. The number of amides is 1. The number of fused-ring (bicyclic) bond motifs is 1. The fourth-order valence-corrected chi connectivity index (χ4v) is 2.58. The van der Waals surface area contributed by atoms with E-state index < -0.39 is 5.63 Å². The zero-order valence-corrected chi connectivity index (χ0v) is 14.1. The number of carbonyl (C=O) groups excluding carboxylic acids is 1. The maximum absolute atomic E-state index is 12.5. The van der Waals surface area contributed by atoms with Gasteiger partial charge in [-0.3, -0.25) is 4.79 Å². The van der Waals surface area contributed by atoms with Gasteiger partial charge in [0.25, 0.3) is 5.91 Å². The number of aryl methyl sites for hydroxylation is 1. The lowest BCUT2D eigenvalue weighted by atomic mass is 10.1. The molecule has 0 bridgehead atoms. The molecule has 25 heavy (non-hydrogen) atoms. The summed E-state index contributed by atoms with van der Waals surface area (Å²) in [5, 5.41) is 3.60. The molecule has 6 nitrogen and oxygen atoms in total. The van der Waals surface area contributed by atoms with Gasteiger partial charge in [0.2, 0.25) is 0 Å². The highest BCUT2D eigenvalue weighted by Crippen LogP contribution is 2.28. The van der Waals surface area contributed by atoms with E-state index in [0.29, 0.717) is 28.3 Å². The molecule has 0 aliphatic rings. The molecule has 0 saturated heterocycles. The summed E-state index contributed by atoms with van der Waals surface area (Å²) >= 11 is 0. The first-order chi connectivity index (χ1) is 12.0. The second kappa shape index (κ2) is 6.68. The molecule has 0 saturated carbocycles. The van der Waals surface area contributed by atoms with Gasteiger partial charge in [-0.25, -0.2) is 4.79 Å². The van der Waals surface area contributed by atoms with E-state index in [4.69, 9.17) is 13.9 Å². The Balaban J connectivity index is 1.90. The van der Waals surface area contributed by atoms with E-state index in [1.54, 1.807) is 36.4 Å². The smallest absolute Gasteiger partial charge is 0.336 e. The Hall–Kier alpha value is -3.28. The number of benzene rings is 2. The van der Waals surface area contributed by atoms with E-state index in [9.17, 15) is 9.59 Å². The number of nitrogens with one attached hydrogen (secondary N) is 1. The van der Waals surface area contributed by atoms with Gasteiger partial charge in [0.15, 0.2) is 11.5 Å². The third kappa shape index (κ3) is 3.33. The summed E-state index contributed by atoms with van der Waals surface area (Å²) in [7, 11) is 3.04. The minimum atomic E-state index is -0.423. The zero-order chi connectivity index (χ0) is 18.0. The van der Waals surface area contributed by atoms with Crippen LogP contribution in [0.1, 0.15) is 15.9 Å². The number of hydrogen-bond acceptors (Lipinski definition) is 5. The van der Waals surface area contributed by atoms with Crippen LogP contribution in [0.15, 0.2) is 51.7 Å². The van der Waals surface area contributed by atoms with E-state index in [2.05, 4.69) is 5.32 Å². The lowest BCUT2D eigenvalue weighted by molar-refractivity contribution is 0.102. The molecule has 0 unspecified atom stereocenters. The van der Waals surface area contributed by atoms with Crippen LogP contribution in [-0.2, 0) is 0 Å². The van der Waals surface area contributed by atoms with Crippen molar-refractivity contribution in [3.05, 3.63) is 64.0 Å². The van der Waals surface area contributed by atoms with Crippen molar-refractivity contribution in [1.29, 1.82) is 0 Å². The van der Waals surface area contributed by atoms with Gasteiger partial charge >= 0.3 is 5.63 Å². The normalized spacial score (nSPS) is 10.5. The highest BCUT2D eigenvalue weighted by molar-refractivity contribution is 6.05. The predicted molar refractivity (Wildman–Crippen MR) is 94.7 cm³/mol. The van der Waals surface area contributed by atoms with E-state index >= 15 is 0 Å². The van der Waals surface area contributed by atoms with Crippen molar-refractivity contribution < 1.29 is 18.7 Å². The molecule has 6 heteroatoms. The molecule has 0 radical (unpaired) electrons. The molecule has 1 amide bonds. The van der Waals surface area contributed by atoms with Crippen molar-refractivity contribution >= 4 is 22.6 Å². The summed E-state index contributed by atoms with van der Waals surface area (Å²) in [5.74, 6) is 0.701. The fourth-order valence-electron chi connectivity index (χ4n) is 2.58. The van der Waals surface area contributed by atoms with Gasteiger partial charge in [0.1, 0.15) is 5.58 Å². The summed E-state index contributed by atoms with van der Waals surface area (Å²) < 4.78 is 15.6. The fraction of sp³-hybridized carbons (Fsp3) is 0.158. The minimum Gasteiger partial charge on any atom is -0.493 e. The summed E-state index contributed by atoms with van der Waals surface area (Å²) in [4.78, 5) is 24.0. The van der Waals surface area contributed by atoms with Crippen LogP contribution >= 0.6 is 0 Å². The van der Waals surface area contributed by atoms with Crippen molar-refractivity contribution in [3.8, 4) is 11.5 Å². The first-order valence-corrected chi connectivity index (χ1v) is 7.59. The molecular weight excluding hydrogens is 322 g/mol. The molecule has 3 rings (SSSR count). The molecule has 0 fully saturated rings. The first-order valence-electron chi connectivity index (χ1n) is 7.59. The molecule has 0 aliphatic heterocycles. The molecule has 0 atom stereocenters. The van der Waals surface area contributed by atoms with Crippen molar-refractivity contribution in [1.82, 2.24) is 0 Å². The van der Waals surface area contributed by atoms with Gasteiger partial charge in [-0.05, 0) is 42.8 Å². The average Bonchev–Trinajstić information content (AvgIpc) is 2.60. The summed E-state index contributed by atoms with van der Waals surface area (Å²) in [6.45, 7) is 1.83. The molecular formula is C19H17NO5. The van der Waals surface area contributed by atoms with Crippen molar-refractivity contribution in [3.63, 3.8) is 0 Å². The number of hydrogen-bond donors (Lipinski definition) is 1. The molecule has 2 aromatic carbocycles. The molecule has 128 valence electrons. The lowest BCUT2D eigenvalue weighted by Gasteiger charge is -2.10. The third-order valence-electron chi connectivity index (χ3n) is 3.85. The van der Waals surface area contributed by atoms with Gasteiger partial charge in [-0.2, -0.15) is 0 Å². The van der Waals surface area contributed by atoms with Crippen molar-refractivity contribution in [2.45, 2.75) is 6.92 Å². The monoisotopic (exact) mass is 339 g/mol. The van der Waals surface area contributed by atoms with Crippen LogP contribution < -0.4 is 20.4 Å². The Morgan fingerprint density at radius 3 is 2.48 bits per heavy atom. The van der Waals surface area contributed by atoms with Crippen molar-refractivity contribution in [2.75, 3.05) is 19.5 Å². The summed E-state index contributed by atoms with van der Waals surface area (Å²) in [6, 6.07) is 11.5. The molecule has 0 aliphatic carbocycles. The van der Waals surface area contributed by atoms with Crippen LogP contribution in [-0.4, -0.2) is 20.1 Å². The van der Waals surface area contributed by atoms with E-state index in [1.807, 2.05) is 6.92 Å². The first kappa shape index (κ1) is 16.6. The molecule has 3 aromatic rings. The Bertz CT molecular complexity index is 1010. The largest absolute Gasteiger partial charge is 0.493 e. The van der Waals surface area contributed by atoms with Crippen LogP contribution in [0.3, 0.4) is 0 Å². The predicted octanol–water partition coefficient (Wildman–Crippen LogP) is 3.37. The number of carbonyl (C=O) groups is 1. The van der Waals surface area contributed by atoms with Crippen LogP contribution in [0.2, 0.25) is 0 Å². The molecule has 0 spiro atoms. The van der Waals surface area contributed by atoms with Crippen molar-refractivity contribution in [2.24, 2.45) is 0 Å². The zero-order valence-electron chi connectivity index (χ0n) is 14.1. The van der Waals surface area contributed by atoms with E-state index in [-0.39, 0.29) is 5.91 Å².